The Bertz CT molecular complexity index is 136. The van der Waals surface area contributed by atoms with Crippen LogP contribution in [0.5, 0.6) is 0 Å². The molecule has 0 aliphatic rings. The maximum absolute atomic E-state index is 10.3. The summed E-state index contributed by atoms with van der Waals surface area (Å²) in [5.41, 5.74) is 0. The van der Waals surface area contributed by atoms with Gasteiger partial charge in [0.2, 0.25) is 0 Å². The first-order valence-corrected chi connectivity index (χ1v) is 4.18. The smallest absolute Gasteiger partial charge is 0.320 e. The predicted molar refractivity (Wildman–Crippen MR) is 46.0 cm³/mol. The minimum absolute atomic E-state index is 0.299. The van der Waals surface area contributed by atoms with Crippen molar-refractivity contribution in [2.24, 2.45) is 0 Å². The number of carboxylic acid groups (broad SMARTS) is 1. The number of aliphatic hydroxyl groups is 1. The lowest BCUT2D eigenvalue weighted by Gasteiger charge is -2.09. The monoisotopic (exact) mass is 175 g/mol. The first kappa shape index (κ1) is 11.4. The van der Waals surface area contributed by atoms with Crippen LogP contribution in [0.25, 0.3) is 0 Å². The summed E-state index contributed by atoms with van der Waals surface area (Å²) in [6, 6.07) is -0.501. The number of rotatable bonds is 6. The lowest BCUT2D eigenvalue weighted by Crippen LogP contribution is -2.34. The number of nitrogens with one attached hydrogen (secondary N) is 1. The van der Waals surface area contributed by atoms with E-state index in [0.717, 1.165) is 6.42 Å². The largest absolute Gasteiger partial charge is 0.480 e. The van der Waals surface area contributed by atoms with Gasteiger partial charge in [0.1, 0.15) is 6.04 Å². The molecule has 0 heterocycles. The highest BCUT2D eigenvalue weighted by Gasteiger charge is 2.08. The topological polar surface area (TPSA) is 69.6 Å². The average Bonchev–Trinajstić information content (AvgIpc) is 1.97. The lowest BCUT2D eigenvalue weighted by molar-refractivity contribution is -0.138. The van der Waals surface area contributed by atoms with Crippen LogP contribution in [-0.2, 0) is 4.79 Å². The highest BCUT2D eigenvalue weighted by atomic mass is 16.4. The highest BCUT2D eigenvalue weighted by molar-refractivity contribution is 5.72. The van der Waals surface area contributed by atoms with Gasteiger partial charge in [0, 0.05) is 0 Å². The van der Waals surface area contributed by atoms with Crippen molar-refractivity contribution in [2.45, 2.75) is 38.8 Å². The first-order chi connectivity index (χ1) is 5.54. The fourth-order valence-corrected chi connectivity index (χ4v) is 0.803. The molecule has 0 spiro atoms. The lowest BCUT2D eigenvalue weighted by atomic mass is 10.2. The van der Waals surface area contributed by atoms with Crippen molar-refractivity contribution in [2.75, 3.05) is 6.54 Å². The molecule has 2 unspecified atom stereocenters. The van der Waals surface area contributed by atoms with Crippen LogP contribution in [0.3, 0.4) is 0 Å². The molecule has 0 saturated heterocycles. The molecular weight excluding hydrogens is 158 g/mol. The SMILES string of the molecule is CC(O)CCCNC(C)C(=O)O. The van der Waals surface area contributed by atoms with E-state index in [9.17, 15) is 4.79 Å². The van der Waals surface area contributed by atoms with Crippen molar-refractivity contribution < 1.29 is 15.0 Å². The molecule has 0 bridgehead atoms. The van der Waals surface area contributed by atoms with Crippen molar-refractivity contribution in [3.05, 3.63) is 0 Å². The highest BCUT2D eigenvalue weighted by Crippen LogP contribution is 1.94. The standard InChI is InChI=1S/C8H17NO3/c1-6(10)4-3-5-9-7(2)8(11)12/h6-7,9-10H,3-5H2,1-2H3,(H,11,12). The van der Waals surface area contributed by atoms with Crippen molar-refractivity contribution in [3.63, 3.8) is 0 Å². The molecule has 4 nitrogen and oxygen atoms in total. The molecule has 0 fully saturated rings. The summed E-state index contributed by atoms with van der Waals surface area (Å²) in [5, 5.41) is 20.2. The summed E-state index contributed by atoms with van der Waals surface area (Å²) in [5.74, 6) is -0.841. The van der Waals surface area contributed by atoms with E-state index in [2.05, 4.69) is 5.32 Å². The van der Waals surface area contributed by atoms with Gasteiger partial charge >= 0.3 is 5.97 Å². The Labute approximate surface area is 72.6 Å². The molecule has 0 aliphatic heterocycles. The van der Waals surface area contributed by atoms with Crippen molar-refractivity contribution in [1.29, 1.82) is 0 Å². The third kappa shape index (κ3) is 6.12. The molecule has 2 atom stereocenters. The van der Waals surface area contributed by atoms with Crippen LogP contribution in [-0.4, -0.2) is 34.9 Å². The minimum Gasteiger partial charge on any atom is -0.480 e. The predicted octanol–water partition coefficient (Wildman–Crippen LogP) is 0.210. The summed E-state index contributed by atoms with van der Waals surface area (Å²) in [7, 11) is 0. The quantitative estimate of drug-likeness (QED) is 0.505. The fraction of sp³-hybridized carbons (Fsp3) is 0.875. The molecule has 0 aliphatic carbocycles. The van der Waals surface area contributed by atoms with E-state index in [1.165, 1.54) is 0 Å². The summed E-state index contributed by atoms with van der Waals surface area (Å²) in [6.07, 6.45) is 1.21. The Hall–Kier alpha value is -0.610. The maximum atomic E-state index is 10.3. The first-order valence-electron chi connectivity index (χ1n) is 4.18. The van der Waals surface area contributed by atoms with Crippen LogP contribution in [0.4, 0.5) is 0 Å². The van der Waals surface area contributed by atoms with Crippen LogP contribution in [0, 0.1) is 0 Å². The Morgan fingerprint density at radius 2 is 2.08 bits per heavy atom. The van der Waals surface area contributed by atoms with Crippen LogP contribution >= 0.6 is 0 Å². The zero-order valence-corrected chi connectivity index (χ0v) is 7.58. The zero-order valence-electron chi connectivity index (χ0n) is 7.58. The van der Waals surface area contributed by atoms with Crippen LogP contribution in [0.15, 0.2) is 0 Å². The molecular formula is C8H17NO3. The van der Waals surface area contributed by atoms with E-state index in [1.807, 2.05) is 0 Å². The van der Waals surface area contributed by atoms with Crippen molar-refractivity contribution in [1.82, 2.24) is 5.32 Å². The number of carbonyl (C=O) groups is 1. The number of aliphatic hydroxyl groups excluding tert-OH is 1. The van der Waals surface area contributed by atoms with Gasteiger partial charge in [-0.3, -0.25) is 4.79 Å². The molecule has 12 heavy (non-hydrogen) atoms. The summed E-state index contributed by atoms with van der Waals surface area (Å²) < 4.78 is 0. The summed E-state index contributed by atoms with van der Waals surface area (Å²) in [6.45, 7) is 3.96. The molecule has 0 saturated carbocycles. The van der Waals surface area contributed by atoms with E-state index in [-0.39, 0.29) is 6.10 Å². The van der Waals surface area contributed by atoms with E-state index >= 15 is 0 Å². The minimum atomic E-state index is -0.841. The van der Waals surface area contributed by atoms with E-state index in [0.29, 0.717) is 13.0 Å². The second-order valence-electron chi connectivity index (χ2n) is 3.01. The number of hydrogen-bond acceptors (Lipinski definition) is 3. The normalized spacial score (nSPS) is 15.6. The molecule has 72 valence electrons. The van der Waals surface area contributed by atoms with E-state index < -0.39 is 12.0 Å². The third-order valence-corrected chi connectivity index (χ3v) is 1.62. The second kappa shape index (κ2) is 5.97. The van der Waals surface area contributed by atoms with Gasteiger partial charge in [0.25, 0.3) is 0 Å². The molecule has 3 N–H and O–H groups in total. The number of carboxylic acids is 1. The van der Waals surface area contributed by atoms with E-state index in [4.69, 9.17) is 10.2 Å². The third-order valence-electron chi connectivity index (χ3n) is 1.62. The molecule has 0 aromatic rings. The average molecular weight is 175 g/mol. The number of aliphatic carboxylic acids is 1. The Balaban J connectivity index is 3.25. The molecule has 0 amide bonds. The van der Waals surface area contributed by atoms with Gasteiger partial charge in [-0.05, 0) is 33.2 Å². The Morgan fingerprint density at radius 3 is 2.50 bits per heavy atom. The van der Waals surface area contributed by atoms with Gasteiger partial charge in [-0.1, -0.05) is 0 Å². The molecule has 4 heteroatoms. The Morgan fingerprint density at radius 1 is 1.50 bits per heavy atom. The molecule has 0 rings (SSSR count). The Kier molecular flexibility index (Phi) is 5.66. The van der Waals surface area contributed by atoms with E-state index in [1.54, 1.807) is 13.8 Å². The fourth-order valence-electron chi connectivity index (χ4n) is 0.803. The summed E-state index contributed by atoms with van der Waals surface area (Å²) in [4.78, 5) is 10.3. The van der Waals surface area contributed by atoms with Gasteiger partial charge in [-0.2, -0.15) is 0 Å². The van der Waals surface area contributed by atoms with Crippen LogP contribution < -0.4 is 5.32 Å². The van der Waals surface area contributed by atoms with Gasteiger partial charge in [0.05, 0.1) is 6.10 Å². The van der Waals surface area contributed by atoms with Gasteiger partial charge in [-0.15, -0.1) is 0 Å². The molecule has 0 aromatic carbocycles. The van der Waals surface area contributed by atoms with Gasteiger partial charge < -0.3 is 15.5 Å². The van der Waals surface area contributed by atoms with Crippen molar-refractivity contribution in [3.8, 4) is 0 Å². The number of hydrogen-bond donors (Lipinski definition) is 3. The zero-order chi connectivity index (χ0) is 9.56. The van der Waals surface area contributed by atoms with Crippen LogP contribution in [0.2, 0.25) is 0 Å². The van der Waals surface area contributed by atoms with Crippen molar-refractivity contribution >= 4 is 5.97 Å². The van der Waals surface area contributed by atoms with Crippen LogP contribution in [0.1, 0.15) is 26.7 Å². The summed E-state index contributed by atoms with van der Waals surface area (Å²) >= 11 is 0. The maximum Gasteiger partial charge on any atom is 0.320 e. The van der Waals surface area contributed by atoms with Gasteiger partial charge in [-0.25, -0.2) is 0 Å². The van der Waals surface area contributed by atoms with Gasteiger partial charge in [0.15, 0.2) is 0 Å². The molecule has 0 radical (unpaired) electrons. The second-order valence-corrected chi connectivity index (χ2v) is 3.01. The molecule has 0 aromatic heterocycles.